The summed E-state index contributed by atoms with van der Waals surface area (Å²) in [5, 5.41) is 6.89. The molecule has 0 aliphatic carbocycles. The molecule has 128 valence electrons. The van der Waals surface area contributed by atoms with Gasteiger partial charge in [0.05, 0.1) is 36.5 Å². The highest BCUT2D eigenvalue weighted by atomic mass is 19.4. The van der Waals surface area contributed by atoms with E-state index >= 15 is 0 Å². The van der Waals surface area contributed by atoms with Crippen LogP contribution in [0.2, 0.25) is 0 Å². The Morgan fingerprint density at radius 2 is 2.08 bits per heavy atom. The number of rotatable bonds is 4. The molecule has 1 aliphatic rings. The van der Waals surface area contributed by atoms with Crippen LogP contribution in [0.3, 0.4) is 0 Å². The number of halogens is 3. The first kappa shape index (κ1) is 16.5. The average Bonchev–Trinajstić information content (AvgIpc) is 3.17. The fourth-order valence-electron chi connectivity index (χ4n) is 2.54. The number of aromatic nitrogens is 2. The van der Waals surface area contributed by atoms with Crippen LogP contribution in [0.5, 0.6) is 0 Å². The molecule has 1 saturated heterocycles. The monoisotopic (exact) mass is 339 g/mol. The molecule has 0 saturated carbocycles. The zero-order valence-corrected chi connectivity index (χ0v) is 12.7. The minimum absolute atomic E-state index is 0.00411. The summed E-state index contributed by atoms with van der Waals surface area (Å²) in [7, 11) is 0. The molecule has 0 spiro atoms. The van der Waals surface area contributed by atoms with Crippen molar-refractivity contribution in [1.82, 2.24) is 9.78 Å². The van der Waals surface area contributed by atoms with Crippen molar-refractivity contribution in [2.24, 2.45) is 0 Å². The van der Waals surface area contributed by atoms with Crippen molar-refractivity contribution in [2.45, 2.75) is 25.1 Å². The number of alkyl halides is 3. The maximum atomic E-state index is 12.5. The Bertz CT molecular complexity index is 704. The Morgan fingerprint density at radius 3 is 2.71 bits per heavy atom. The molecule has 24 heavy (non-hydrogen) atoms. The number of ether oxygens (including phenoxy) is 1. The Balaban J connectivity index is 1.57. The quantitative estimate of drug-likeness (QED) is 0.931. The van der Waals surface area contributed by atoms with Crippen molar-refractivity contribution in [3.8, 4) is 0 Å². The van der Waals surface area contributed by atoms with Gasteiger partial charge in [-0.15, -0.1) is 0 Å². The zero-order valence-electron chi connectivity index (χ0n) is 12.7. The van der Waals surface area contributed by atoms with Gasteiger partial charge in [-0.1, -0.05) is 12.1 Å². The van der Waals surface area contributed by atoms with Crippen LogP contribution in [0, 0.1) is 0 Å². The minimum Gasteiger partial charge on any atom is -0.379 e. The Kier molecular flexibility index (Phi) is 4.57. The van der Waals surface area contributed by atoms with Gasteiger partial charge in [0.2, 0.25) is 5.91 Å². The molecule has 2 aromatic rings. The zero-order chi connectivity index (χ0) is 17.2. The van der Waals surface area contributed by atoms with E-state index in [1.807, 2.05) is 0 Å². The molecule has 1 fully saturated rings. The lowest BCUT2D eigenvalue weighted by atomic mass is 10.1. The number of amides is 1. The van der Waals surface area contributed by atoms with E-state index in [1.165, 1.54) is 12.1 Å². The largest absolute Gasteiger partial charge is 0.416 e. The SMILES string of the molecule is O=C(Cc1ccc(C(F)(F)F)cc1)Nc1cnn(C2CCOC2)c1. The van der Waals surface area contributed by atoms with Crippen molar-refractivity contribution >= 4 is 11.6 Å². The molecule has 3 rings (SSSR count). The van der Waals surface area contributed by atoms with Gasteiger partial charge in [-0.25, -0.2) is 0 Å². The molecular weight excluding hydrogens is 323 g/mol. The van der Waals surface area contributed by atoms with Crippen molar-refractivity contribution in [3.05, 3.63) is 47.8 Å². The molecule has 1 aromatic heterocycles. The van der Waals surface area contributed by atoms with Gasteiger partial charge in [0.1, 0.15) is 0 Å². The molecule has 2 heterocycles. The standard InChI is InChI=1S/C16H16F3N3O2/c17-16(18,19)12-3-1-11(2-4-12)7-15(23)21-13-8-20-22(9-13)14-5-6-24-10-14/h1-4,8-9,14H,5-7,10H2,(H,21,23). The third kappa shape index (κ3) is 3.94. The number of benzene rings is 1. The van der Waals surface area contributed by atoms with Crippen molar-refractivity contribution in [1.29, 1.82) is 0 Å². The Labute approximate surface area is 136 Å². The third-order valence-electron chi connectivity index (χ3n) is 3.81. The first-order valence-corrected chi connectivity index (χ1v) is 7.50. The number of carbonyl (C=O) groups is 1. The van der Waals surface area contributed by atoms with E-state index in [4.69, 9.17) is 4.74 Å². The minimum atomic E-state index is -4.38. The summed E-state index contributed by atoms with van der Waals surface area (Å²) in [4.78, 5) is 12.0. The molecule has 1 atom stereocenters. The number of nitrogens with one attached hydrogen (secondary N) is 1. The summed E-state index contributed by atoms with van der Waals surface area (Å²) in [5.41, 5.74) is 0.336. The normalized spacial score (nSPS) is 17.9. The van der Waals surface area contributed by atoms with Crippen molar-refractivity contribution < 1.29 is 22.7 Å². The summed E-state index contributed by atoms with van der Waals surface area (Å²) in [6.45, 7) is 1.29. The van der Waals surface area contributed by atoms with Crippen molar-refractivity contribution in [3.63, 3.8) is 0 Å². The lowest BCUT2D eigenvalue weighted by molar-refractivity contribution is -0.137. The molecule has 1 amide bonds. The number of anilines is 1. The van der Waals surface area contributed by atoms with Crippen LogP contribution in [0.1, 0.15) is 23.6 Å². The molecule has 1 aromatic carbocycles. The molecule has 0 bridgehead atoms. The van der Waals surface area contributed by atoms with E-state index < -0.39 is 11.7 Å². The predicted octanol–water partition coefficient (Wildman–Crippen LogP) is 3.04. The summed E-state index contributed by atoms with van der Waals surface area (Å²) >= 11 is 0. The molecule has 5 nitrogen and oxygen atoms in total. The van der Waals surface area contributed by atoms with Crippen LogP contribution in [0.25, 0.3) is 0 Å². The summed E-state index contributed by atoms with van der Waals surface area (Å²) in [5.74, 6) is -0.308. The van der Waals surface area contributed by atoms with Gasteiger partial charge in [-0.05, 0) is 24.1 Å². The average molecular weight is 339 g/mol. The lowest BCUT2D eigenvalue weighted by Gasteiger charge is -2.08. The van der Waals surface area contributed by atoms with Gasteiger partial charge < -0.3 is 10.1 Å². The van der Waals surface area contributed by atoms with E-state index in [-0.39, 0.29) is 18.4 Å². The predicted molar refractivity (Wildman–Crippen MR) is 80.5 cm³/mol. The van der Waals surface area contributed by atoms with Crippen LogP contribution in [-0.4, -0.2) is 28.9 Å². The fourth-order valence-corrected chi connectivity index (χ4v) is 2.54. The second-order valence-electron chi connectivity index (χ2n) is 5.65. The van der Waals surface area contributed by atoms with E-state index in [9.17, 15) is 18.0 Å². The summed E-state index contributed by atoms with van der Waals surface area (Å²) in [6, 6.07) is 4.73. The van der Waals surface area contributed by atoms with Gasteiger partial charge in [-0.3, -0.25) is 9.48 Å². The van der Waals surface area contributed by atoms with Gasteiger partial charge >= 0.3 is 6.18 Å². The number of nitrogens with zero attached hydrogens (tertiary/aromatic N) is 2. The highest BCUT2D eigenvalue weighted by Crippen LogP contribution is 2.29. The van der Waals surface area contributed by atoms with Crippen LogP contribution in [0.4, 0.5) is 18.9 Å². The Morgan fingerprint density at radius 1 is 1.33 bits per heavy atom. The van der Waals surface area contributed by atoms with E-state index in [2.05, 4.69) is 10.4 Å². The maximum absolute atomic E-state index is 12.5. The van der Waals surface area contributed by atoms with Gasteiger partial charge in [0.25, 0.3) is 0 Å². The highest BCUT2D eigenvalue weighted by molar-refractivity contribution is 5.91. The third-order valence-corrected chi connectivity index (χ3v) is 3.81. The van der Waals surface area contributed by atoms with Crippen LogP contribution < -0.4 is 5.32 Å². The fraction of sp³-hybridized carbons (Fsp3) is 0.375. The summed E-state index contributed by atoms with van der Waals surface area (Å²) in [6.07, 6.45) is -0.233. The second-order valence-corrected chi connectivity index (χ2v) is 5.65. The molecule has 1 unspecified atom stereocenters. The van der Waals surface area contributed by atoms with E-state index in [0.717, 1.165) is 18.6 Å². The number of hydrogen-bond donors (Lipinski definition) is 1. The second kappa shape index (κ2) is 6.64. The van der Waals surface area contributed by atoms with Gasteiger partial charge in [0, 0.05) is 12.8 Å². The van der Waals surface area contributed by atoms with E-state index in [0.29, 0.717) is 24.5 Å². The molecular formula is C16H16F3N3O2. The van der Waals surface area contributed by atoms with Gasteiger partial charge in [-0.2, -0.15) is 18.3 Å². The smallest absolute Gasteiger partial charge is 0.379 e. The van der Waals surface area contributed by atoms with Crippen LogP contribution >= 0.6 is 0 Å². The van der Waals surface area contributed by atoms with E-state index in [1.54, 1.807) is 17.1 Å². The van der Waals surface area contributed by atoms with Crippen LogP contribution in [-0.2, 0) is 22.1 Å². The summed E-state index contributed by atoms with van der Waals surface area (Å²) < 4.78 is 44.5. The van der Waals surface area contributed by atoms with Crippen LogP contribution in [0.15, 0.2) is 36.7 Å². The molecule has 8 heteroatoms. The Hall–Kier alpha value is -2.35. The molecule has 1 aliphatic heterocycles. The molecule has 0 radical (unpaired) electrons. The lowest BCUT2D eigenvalue weighted by Crippen LogP contribution is -2.14. The van der Waals surface area contributed by atoms with Gasteiger partial charge in [0.15, 0.2) is 0 Å². The topological polar surface area (TPSA) is 56.2 Å². The number of hydrogen-bond acceptors (Lipinski definition) is 3. The number of carbonyl (C=O) groups excluding carboxylic acids is 1. The molecule has 1 N–H and O–H groups in total. The highest BCUT2D eigenvalue weighted by Gasteiger charge is 2.30. The first-order valence-electron chi connectivity index (χ1n) is 7.50. The van der Waals surface area contributed by atoms with Crippen molar-refractivity contribution in [2.75, 3.05) is 18.5 Å². The maximum Gasteiger partial charge on any atom is 0.416 e. The first-order chi connectivity index (χ1) is 11.4.